The van der Waals surface area contributed by atoms with E-state index in [-0.39, 0.29) is 0 Å². The van der Waals surface area contributed by atoms with Gasteiger partial charge in [0.1, 0.15) is 54.9 Å². The summed E-state index contributed by atoms with van der Waals surface area (Å²) in [5, 5.41) is 87.7. The molecule has 2 saturated heterocycles. The smallest absolute Gasteiger partial charge is 0.225 e. The van der Waals surface area contributed by atoms with Gasteiger partial charge in [0, 0.05) is 0 Å². The molecule has 136 valence electrons. The number of hydrogen-bond acceptors (Lipinski definition) is 11. The zero-order chi connectivity index (χ0) is 17.5. The Balaban J connectivity index is 2.33. The number of aliphatic hydroxyl groups is 9. The lowest BCUT2D eigenvalue weighted by atomic mass is 9.83. The van der Waals surface area contributed by atoms with E-state index in [4.69, 9.17) is 19.7 Å². The Labute approximate surface area is 130 Å². The predicted molar refractivity (Wildman–Crippen MR) is 68.7 cm³/mol. The molecule has 9 N–H and O–H groups in total. The maximum Gasteiger partial charge on any atom is 0.225 e. The third-order valence-corrected chi connectivity index (χ3v) is 4.30. The summed E-state index contributed by atoms with van der Waals surface area (Å²) in [6.45, 7) is -1.60. The van der Waals surface area contributed by atoms with E-state index in [2.05, 4.69) is 0 Å². The van der Waals surface area contributed by atoms with E-state index in [0.29, 0.717) is 0 Å². The molecule has 0 bridgehead atoms. The summed E-state index contributed by atoms with van der Waals surface area (Å²) in [7, 11) is 0. The molecule has 0 unspecified atom stereocenters. The van der Waals surface area contributed by atoms with Crippen LogP contribution in [0.25, 0.3) is 0 Å². The van der Waals surface area contributed by atoms with Gasteiger partial charge in [-0.15, -0.1) is 0 Å². The van der Waals surface area contributed by atoms with Crippen molar-refractivity contribution < 1.29 is 55.4 Å². The number of hydrogen-bond donors (Lipinski definition) is 9. The fourth-order valence-electron chi connectivity index (χ4n) is 2.86. The second-order valence-electron chi connectivity index (χ2n) is 5.77. The van der Waals surface area contributed by atoms with Crippen molar-refractivity contribution in [1.82, 2.24) is 0 Å². The van der Waals surface area contributed by atoms with Crippen LogP contribution in [0.3, 0.4) is 0 Å². The van der Waals surface area contributed by atoms with Crippen LogP contribution in [0.2, 0.25) is 0 Å². The quantitative estimate of drug-likeness (QED) is 0.236. The molecule has 0 radical (unpaired) electrons. The third-order valence-electron chi connectivity index (χ3n) is 4.30. The average Bonchev–Trinajstić information content (AvgIpc) is 2.54. The first-order valence-electron chi connectivity index (χ1n) is 7.04. The number of rotatable bonds is 3. The summed E-state index contributed by atoms with van der Waals surface area (Å²) in [6, 6.07) is 0. The van der Waals surface area contributed by atoms with Crippen molar-refractivity contribution in [3.63, 3.8) is 0 Å². The zero-order valence-electron chi connectivity index (χ0n) is 12.0. The molecule has 2 heterocycles. The van der Waals surface area contributed by atoms with Gasteiger partial charge < -0.3 is 55.4 Å². The molecule has 0 aromatic carbocycles. The SMILES string of the molecule is OC[C@@H]1O[C@@H]([C@]2(O)O[C@H](CO)[C@H](O)[C@H](O)[C@H]2O)[C@H](O)[C@@H](O)[C@@H]1O. The molecule has 0 spiro atoms. The summed E-state index contributed by atoms with van der Waals surface area (Å²) in [5.41, 5.74) is 0. The molecule has 23 heavy (non-hydrogen) atoms. The molecule has 0 aliphatic carbocycles. The van der Waals surface area contributed by atoms with Crippen LogP contribution in [0.4, 0.5) is 0 Å². The van der Waals surface area contributed by atoms with Gasteiger partial charge in [-0.2, -0.15) is 0 Å². The van der Waals surface area contributed by atoms with Gasteiger partial charge in [-0.3, -0.25) is 0 Å². The first kappa shape index (κ1) is 18.9. The molecule has 10 atom stereocenters. The first-order valence-corrected chi connectivity index (χ1v) is 7.04. The van der Waals surface area contributed by atoms with E-state index in [9.17, 15) is 35.7 Å². The normalized spacial score (nSPS) is 54.9. The summed E-state index contributed by atoms with van der Waals surface area (Å²) >= 11 is 0. The van der Waals surface area contributed by atoms with Crippen molar-refractivity contribution in [3.8, 4) is 0 Å². The van der Waals surface area contributed by atoms with Gasteiger partial charge in [-0.05, 0) is 0 Å². The molecule has 2 fully saturated rings. The Kier molecular flexibility index (Phi) is 5.60. The Morgan fingerprint density at radius 1 is 0.696 bits per heavy atom. The van der Waals surface area contributed by atoms with Crippen molar-refractivity contribution in [1.29, 1.82) is 0 Å². The summed E-state index contributed by atoms with van der Waals surface area (Å²) in [4.78, 5) is 0. The van der Waals surface area contributed by atoms with Gasteiger partial charge in [0.15, 0.2) is 0 Å². The molecule has 11 heteroatoms. The average molecular weight is 342 g/mol. The van der Waals surface area contributed by atoms with E-state index in [0.717, 1.165) is 0 Å². The van der Waals surface area contributed by atoms with Crippen molar-refractivity contribution in [2.45, 2.75) is 60.7 Å². The number of ether oxygens (including phenoxy) is 2. The lowest BCUT2D eigenvalue weighted by Crippen LogP contribution is -2.75. The van der Waals surface area contributed by atoms with Gasteiger partial charge in [0.05, 0.1) is 13.2 Å². The summed E-state index contributed by atoms with van der Waals surface area (Å²) < 4.78 is 10.1. The van der Waals surface area contributed by atoms with E-state index < -0.39 is 73.9 Å². The maximum absolute atomic E-state index is 10.5. The highest BCUT2D eigenvalue weighted by Crippen LogP contribution is 2.37. The molecule has 0 aromatic rings. The zero-order valence-corrected chi connectivity index (χ0v) is 12.0. The van der Waals surface area contributed by atoms with E-state index in [1.54, 1.807) is 0 Å². The molecule has 2 aliphatic heterocycles. The fourth-order valence-corrected chi connectivity index (χ4v) is 2.86. The van der Waals surface area contributed by atoms with Gasteiger partial charge in [0.2, 0.25) is 5.79 Å². The Morgan fingerprint density at radius 2 is 1.22 bits per heavy atom. The molecule has 2 rings (SSSR count). The fraction of sp³-hybridized carbons (Fsp3) is 1.00. The maximum atomic E-state index is 10.5. The van der Waals surface area contributed by atoms with Crippen LogP contribution < -0.4 is 0 Å². The molecule has 0 saturated carbocycles. The second-order valence-corrected chi connectivity index (χ2v) is 5.77. The topological polar surface area (TPSA) is 201 Å². The van der Waals surface area contributed by atoms with Crippen molar-refractivity contribution in [3.05, 3.63) is 0 Å². The molecule has 2 aliphatic rings. The van der Waals surface area contributed by atoms with Crippen molar-refractivity contribution in [2.24, 2.45) is 0 Å². The van der Waals surface area contributed by atoms with Gasteiger partial charge >= 0.3 is 0 Å². The van der Waals surface area contributed by atoms with Gasteiger partial charge in [0.25, 0.3) is 0 Å². The first-order chi connectivity index (χ1) is 10.7. The third kappa shape index (κ3) is 2.99. The van der Waals surface area contributed by atoms with Crippen LogP contribution in [0.15, 0.2) is 0 Å². The predicted octanol–water partition coefficient (Wildman–Crippen LogP) is -6.01. The Morgan fingerprint density at radius 3 is 1.74 bits per heavy atom. The monoisotopic (exact) mass is 342 g/mol. The van der Waals surface area contributed by atoms with Crippen LogP contribution in [0, 0.1) is 0 Å². The Hall–Kier alpha value is -0.440. The van der Waals surface area contributed by atoms with Gasteiger partial charge in [-0.25, -0.2) is 0 Å². The van der Waals surface area contributed by atoms with Crippen LogP contribution in [0.5, 0.6) is 0 Å². The minimum Gasteiger partial charge on any atom is -0.394 e. The van der Waals surface area contributed by atoms with E-state index >= 15 is 0 Å². The minimum absolute atomic E-state index is 0.776. The molecule has 0 amide bonds. The summed E-state index contributed by atoms with van der Waals surface area (Å²) in [6.07, 6.45) is -16.1. The largest absolute Gasteiger partial charge is 0.394 e. The lowest BCUT2D eigenvalue weighted by molar-refractivity contribution is -0.406. The molecular weight excluding hydrogens is 320 g/mol. The highest BCUT2D eigenvalue weighted by atomic mass is 16.7. The standard InChI is InChI=1S/C12H22O11/c13-1-3-5(15)7(17)9(19)11(22-3)12(21)10(20)8(18)6(16)4(2-14)23-12/h3-11,13-21H,1-2H2/t3-,4+,5+,6-,7-,8-,9+,10+,11+,12+/m0/s1. The van der Waals surface area contributed by atoms with Crippen LogP contribution in [-0.4, -0.2) is 120 Å². The van der Waals surface area contributed by atoms with Crippen molar-refractivity contribution >= 4 is 0 Å². The lowest BCUT2D eigenvalue weighted by Gasteiger charge is -2.52. The summed E-state index contributed by atoms with van der Waals surface area (Å²) in [5.74, 6) is -2.82. The second kappa shape index (κ2) is 6.82. The van der Waals surface area contributed by atoms with Gasteiger partial charge in [-0.1, -0.05) is 0 Å². The molecule has 11 nitrogen and oxygen atoms in total. The number of aliphatic hydroxyl groups excluding tert-OH is 8. The highest BCUT2D eigenvalue weighted by Gasteiger charge is 2.62. The Bertz CT molecular complexity index is 404. The van der Waals surface area contributed by atoms with Crippen molar-refractivity contribution in [2.75, 3.05) is 13.2 Å². The molecule has 0 aromatic heterocycles. The minimum atomic E-state index is -2.82. The van der Waals surface area contributed by atoms with Crippen LogP contribution >= 0.6 is 0 Å². The molecular formula is C12H22O11. The van der Waals surface area contributed by atoms with Crippen LogP contribution in [0.1, 0.15) is 0 Å². The highest BCUT2D eigenvalue weighted by molar-refractivity contribution is 5.05. The van der Waals surface area contributed by atoms with Crippen LogP contribution in [-0.2, 0) is 9.47 Å². The van der Waals surface area contributed by atoms with E-state index in [1.807, 2.05) is 0 Å². The van der Waals surface area contributed by atoms with E-state index in [1.165, 1.54) is 0 Å².